The molecule has 3 rings (SSSR count). The van der Waals surface area contributed by atoms with Crippen LogP contribution in [0.1, 0.15) is 47.2 Å². The van der Waals surface area contributed by atoms with Crippen LogP contribution in [0.15, 0.2) is 12.1 Å². The third-order valence-electron chi connectivity index (χ3n) is 4.52. The summed E-state index contributed by atoms with van der Waals surface area (Å²) in [6.07, 6.45) is 5.09. The fourth-order valence-corrected chi connectivity index (χ4v) is 5.45. The zero-order valence-corrected chi connectivity index (χ0v) is 13.7. The highest BCUT2D eigenvalue weighted by Crippen LogP contribution is 2.41. The molecule has 2 aliphatic rings. The normalized spacial score (nSPS) is 25.8. The molecule has 0 aromatic carbocycles. The number of hydrogen-bond acceptors (Lipinski definition) is 4. The fraction of sp³-hybridized carbons (Fsp3) is 0.688. The van der Waals surface area contributed by atoms with Crippen molar-refractivity contribution in [1.82, 2.24) is 0 Å². The summed E-state index contributed by atoms with van der Waals surface area (Å²) >= 11 is 3.69. The van der Waals surface area contributed by atoms with Crippen molar-refractivity contribution in [2.45, 2.75) is 44.6 Å². The minimum absolute atomic E-state index is 0.00860. The summed E-state index contributed by atoms with van der Waals surface area (Å²) < 4.78 is 6.09. The quantitative estimate of drug-likeness (QED) is 0.783. The maximum atomic E-state index is 12.7. The van der Waals surface area contributed by atoms with Gasteiger partial charge < -0.3 is 4.74 Å². The van der Waals surface area contributed by atoms with Gasteiger partial charge in [-0.3, -0.25) is 4.79 Å². The monoisotopic (exact) mass is 310 g/mol. The Balaban J connectivity index is 1.71. The number of carbonyl (C=O) groups excluding carboxylic acids is 1. The summed E-state index contributed by atoms with van der Waals surface area (Å²) in [5.74, 6) is 2.89. The van der Waals surface area contributed by atoms with E-state index >= 15 is 0 Å². The molecular weight excluding hydrogens is 288 g/mol. The molecule has 1 aromatic heterocycles. The topological polar surface area (TPSA) is 26.3 Å². The first-order valence-corrected chi connectivity index (χ1v) is 9.54. The fourth-order valence-electron chi connectivity index (χ4n) is 3.24. The van der Waals surface area contributed by atoms with Crippen LogP contribution in [0.25, 0.3) is 0 Å². The molecule has 2 nitrogen and oxygen atoms in total. The predicted octanol–water partition coefficient (Wildman–Crippen LogP) is 4.19. The van der Waals surface area contributed by atoms with Gasteiger partial charge in [-0.2, -0.15) is 11.8 Å². The van der Waals surface area contributed by atoms with Crippen molar-refractivity contribution in [3.8, 4) is 0 Å². The number of ether oxygens (including phenoxy) is 1. The smallest absolute Gasteiger partial charge is 0.176 e. The molecule has 2 aliphatic heterocycles. The SMILES string of the molecule is CCc1ccc(C(=O)C2CCOC3(CCSCC3)C2)s1. The average Bonchev–Trinajstić information content (AvgIpc) is 2.96. The van der Waals surface area contributed by atoms with E-state index in [9.17, 15) is 4.79 Å². The second-order valence-electron chi connectivity index (χ2n) is 5.82. The number of hydrogen-bond donors (Lipinski definition) is 0. The average molecular weight is 310 g/mol. The van der Waals surface area contributed by atoms with Crippen molar-refractivity contribution < 1.29 is 9.53 Å². The second kappa shape index (κ2) is 6.20. The largest absolute Gasteiger partial charge is 0.375 e. The Bertz CT molecular complexity index is 469. The molecule has 110 valence electrons. The summed E-state index contributed by atoms with van der Waals surface area (Å²) in [5, 5.41) is 0. The van der Waals surface area contributed by atoms with Gasteiger partial charge >= 0.3 is 0 Å². The van der Waals surface area contributed by atoms with E-state index in [2.05, 4.69) is 13.0 Å². The number of rotatable bonds is 3. The summed E-state index contributed by atoms with van der Waals surface area (Å²) in [5.41, 5.74) is 0.00860. The standard InChI is InChI=1S/C16H22O2S2/c1-2-13-3-4-14(20-13)15(17)12-5-8-18-16(11-12)6-9-19-10-7-16/h3-4,12H,2,5-11H2,1H3. The lowest BCUT2D eigenvalue weighted by Gasteiger charge is -2.42. The number of ketones is 1. The maximum Gasteiger partial charge on any atom is 0.176 e. The predicted molar refractivity (Wildman–Crippen MR) is 86.0 cm³/mol. The van der Waals surface area contributed by atoms with Gasteiger partial charge in [-0.25, -0.2) is 0 Å². The van der Waals surface area contributed by atoms with Crippen LogP contribution < -0.4 is 0 Å². The highest BCUT2D eigenvalue weighted by molar-refractivity contribution is 7.99. The van der Waals surface area contributed by atoms with E-state index in [1.807, 2.05) is 17.8 Å². The first-order chi connectivity index (χ1) is 9.72. The van der Waals surface area contributed by atoms with E-state index in [0.717, 1.165) is 43.6 Å². The van der Waals surface area contributed by atoms with Gasteiger partial charge in [0.15, 0.2) is 5.78 Å². The van der Waals surface area contributed by atoms with Crippen molar-refractivity contribution in [3.63, 3.8) is 0 Å². The number of aryl methyl sites for hydroxylation is 1. The van der Waals surface area contributed by atoms with Crippen LogP contribution in [0.2, 0.25) is 0 Å². The van der Waals surface area contributed by atoms with E-state index in [1.54, 1.807) is 11.3 Å². The Morgan fingerprint density at radius 1 is 1.40 bits per heavy atom. The zero-order chi connectivity index (χ0) is 14.0. The van der Waals surface area contributed by atoms with Gasteiger partial charge in [0.2, 0.25) is 0 Å². The maximum absolute atomic E-state index is 12.7. The zero-order valence-electron chi connectivity index (χ0n) is 12.0. The molecule has 3 heterocycles. The number of Topliss-reactive ketones (excluding diaryl/α,β-unsaturated/α-hetero) is 1. The molecule has 0 bridgehead atoms. The van der Waals surface area contributed by atoms with Crippen LogP contribution in [-0.4, -0.2) is 29.5 Å². The van der Waals surface area contributed by atoms with Crippen LogP contribution in [0.4, 0.5) is 0 Å². The van der Waals surface area contributed by atoms with Crippen LogP contribution in [0.5, 0.6) is 0 Å². The lowest BCUT2D eigenvalue weighted by Crippen LogP contribution is -2.44. The molecule has 1 unspecified atom stereocenters. The molecule has 1 aromatic rings. The Hall–Kier alpha value is -0.320. The number of thiophene rings is 1. The van der Waals surface area contributed by atoms with Crippen LogP contribution in [0, 0.1) is 5.92 Å². The van der Waals surface area contributed by atoms with Crippen molar-refractivity contribution >= 4 is 28.9 Å². The van der Waals surface area contributed by atoms with Crippen molar-refractivity contribution in [2.75, 3.05) is 18.1 Å². The molecule has 0 aliphatic carbocycles. The molecule has 0 radical (unpaired) electrons. The van der Waals surface area contributed by atoms with Crippen molar-refractivity contribution in [1.29, 1.82) is 0 Å². The lowest BCUT2D eigenvalue weighted by molar-refractivity contribution is -0.0959. The number of thioether (sulfide) groups is 1. The minimum Gasteiger partial charge on any atom is -0.375 e. The van der Waals surface area contributed by atoms with Gasteiger partial charge in [0.05, 0.1) is 10.5 Å². The molecule has 2 fully saturated rings. The lowest BCUT2D eigenvalue weighted by atomic mass is 9.80. The highest BCUT2D eigenvalue weighted by Gasteiger charge is 2.41. The molecule has 4 heteroatoms. The van der Waals surface area contributed by atoms with Crippen molar-refractivity contribution in [3.05, 3.63) is 21.9 Å². The van der Waals surface area contributed by atoms with E-state index in [-0.39, 0.29) is 11.5 Å². The van der Waals surface area contributed by atoms with E-state index in [1.165, 1.54) is 16.4 Å². The highest BCUT2D eigenvalue weighted by atomic mass is 32.2. The minimum atomic E-state index is 0.00860. The van der Waals surface area contributed by atoms with Crippen LogP contribution in [-0.2, 0) is 11.2 Å². The molecule has 0 amide bonds. The Kier molecular flexibility index (Phi) is 4.53. The van der Waals surface area contributed by atoms with E-state index < -0.39 is 0 Å². The van der Waals surface area contributed by atoms with E-state index in [4.69, 9.17) is 4.74 Å². The summed E-state index contributed by atoms with van der Waals surface area (Å²) in [7, 11) is 0. The van der Waals surface area contributed by atoms with Gasteiger partial charge in [-0.1, -0.05) is 6.92 Å². The van der Waals surface area contributed by atoms with Crippen molar-refractivity contribution in [2.24, 2.45) is 5.92 Å². The number of carbonyl (C=O) groups is 1. The Morgan fingerprint density at radius 2 is 2.20 bits per heavy atom. The molecule has 1 atom stereocenters. The van der Waals surface area contributed by atoms with Gasteiger partial charge in [-0.15, -0.1) is 11.3 Å². The molecule has 2 saturated heterocycles. The van der Waals surface area contributed by atoms with E-state index in [0.29, 0.717) is 5.78 Å². The molecule has 0 saturated carbocycles. The third-order valence-corrected chi connectivity index (χ3v) is 6.75. The first-order valence-electron chi connectivity index (χ1n) is 7.57. The summed E-state index contributed by atoms with van der Waals surface area (Å²) in [4.78, 5) is 15.0. The third kappa shape index (κ3) is 2.97. The second-order valence-corrected chi connectivity index (χ2v) is 8.21. The molecule has 0 N–H and O–H groups in total. The first kappa shape index (κ1) is 14.6. The molecular formula is C16H22O2S2. The van der Waals surface area contributed by atoms with Gasteiger partial charge in [0, 0.05) is 17.4 Å². The van der Waals surface area contributed by atoms with Crippen LogP contribution >= 0.6 is 23.1 Å². The van der Waals surface area contributed by atoms with Gasteiger partial charge in [0.25, 0.3) is 0 Å². The van der Waals surface area contributed by atoms with Gasteiger partial charge in [-0.05, 0) is 55.7 Å². The Morgan fingerprint density at radius 3 is 2.90 bits per heavy atom. The summed E-state index contributed by atoms with van der Waals surface area (Å²) in [6.45, 7) is 2.90. The van der Waals surface area contributed by atoms with Crippen LogP contribution in [0.3, 0.4) is 0 Å². The Labute approximate surface area is 129 Å². The molecule has 20 heavy (non-hydrogen) atoms. The molecule has 1 spiro atoms. The summed E-state index contributed by atoms with van der Waals surface area (Å²) in [6, 6.07) is 4.12. The van der Waals surface area contributed by atoms with Gasteiger partial charge in [0.1, 0.15) is 0 Å².